The van der Waals surface area contributed by atoms with Gasteiger partial charge in [0.15, 0.2) is 0 Å². The summed E-state index contributed by atoms with van der Waals surface area (Å²) in [5.74, 6) is 0.819. The maximum Gasteiger partial charge on any atom is 0.149 e. The van der Waals surface area contributed by atoms with Crippen molar-refractivity contribution in [1.82, 2.24) is 4.90 Å². The summed E-state index contributed by atoms with van der Waals surface area (Å²) in [6, 6.07) is 0.384. The van der Waals surface area contributed by atoms with Crippen LogP contribution >= 0.6 is 0 Å². The second-order valence-corrected chi connectivity index (χ2v) is 7.93. The van der Waals surface area contributed by atoms with E-state index in [2.05, 4.69) is 24.5 Å². The number of piperidine rings is 1. The summed E-state index contributed by atoms with van der Waals surface area (Å²) >= 11 is 0. The van der Waals surface area contributed by atoms with Gasteiger partial charge in [0.05, 0.1) is 6.54 Å². The van der Waals surface area contributed by atoms with E-state index in [4.69, 9.17) is 0 Å². The Labute approximate surface area is 159 Å². The van der Waals surface area contributed by atoms with Crippen LogP contribution in [0.4, 0.5) is 0 Å². The van der Waals surface area contributed by atoms with Crippen molar-refractivity contribution in [2.45, 2.75) is 70.8 Å². The van der Waals surface area contributed by atoms with Crippen molar-refractivity contribution in [1.29, 1.82) is 0 Å². The van der Waals surface area contributed by atoms with E-state index in [0.29, 0.717) is 18.4 Å². The van der Waals surface area contributed by atoms with Crippen LogP contribution in [0.5, 0.6) is 0 Å². The molecule has 0 bridgehead atoms. The first-order valence-electron chi connectivity index (χ1n) is 10.3. The number of rotatable bonds is 7. The van der Waals surface area contributed by atoms with Gasteiger partial charge >= 0.3 is 0 Å². The minimum Gasteiger partial charge on any atom is -0.303 e. The van der Waals surface area contributed by atoms with Gasteiger partial charge in [-0.25, -0.2) is 0 Å². The number of allylic oxidation sites excluding steroid dienone is 4. The number of aldehydes is 1. The molecule has 3 nitrogen and oxygen atoms in total. The van der Waals surface area contributed by atoms with Gasteiger partial charge in [0.2, 0.25) is 0 Å². The van der Waals surface area contributed by atoms with Gasteiger partial charge in [-0.3, -0.25) is 9.69 Å². The fraction of sp³-hybridized carbons (Fsp3) is 0.652. The fourth-order valence-electron chi connectivity index (χ4n) is 4.42. The Hall–Kier alpha value is -1.48. The van der Waals surface area contributed by atoms with Crippen molar-refractivity contribution in [2.24, 2.45) is 11.8 Å². The number of hydrogen-bond donors (Lipinski definition) is 0. The van der Waals surface area contributed by atoms with Crippen molar-refractivity contribution in [2.75, 3.05) is 13.1 Å². The molecule has 0 N–H and O–H groups in total. The van der Waals surface area contributed by atoms with Crippen LogP contribution < -0.4 is 0 Å². The third-order valence-corrected chi connectivity index (χ3v) is 6.01. The largest absolute Gasteiger partial charge is 0.303 e. The second kappa shape index (κ2) is 11.3. The van der Waals surface area contributed by atoms with Crippen molar-refractivity contribution < 1.29 is 9.59 Å². The molecule has 1 unspecified atom stereocenters. The zero-order valence-electron chi connectivity index (χ0n) is 16.4. The molecular formula is C23H35NO2. The SMILES string of the molecule is C=C/C=C\C=C(/C)C1CCCCN1CC(=O)C1CCCC(C=O)CCC1. The zero-order valence-corrected chi connectivity index (χ0v) is 16.4. The molecule has 1 aliphatic heterocycles. The fourth-order valence-corrected chi connectivity index (χ4v) is 4.42. The first-order valence-corrected chi connectivity index (χ1v) is 10.3. The van der Waals surface area contributed by atoms with Gasteiger partial charge in [-0.05, 0) is 52.0 Å². The van der Waals surface area contributed by atoms with Crippen LogP contribution in [0.1, 0.15) is 64.7 Å². The molecule has 0 aromatic rings. The first-order chi connectivity index (χ1) is 12.7. The number of ketones is 1. The Balaban J connectivity index is 1.94. The van der Waals surface area contributed by atoms with E-state index in [1.165, 1.54) is 18.4 Å². The number of carbonyl (C=O) groups is 2. The molecule has 1 aliphatic carbocycles. The minimum atomic E-state index is 0.190. The summed E-state index contributed by atoms with van der Waals surface area (Å²) in [4.78, 5) is 26.4. The molecule has 1 atom stereocenters. The number of Topliss-reactive ketones (excluding diaryl/α,β-unsaturated/α-hetero) is 1. The van der Waals surface area contributed by atoms with E-state index < -0.39 is 0 Å². The van der Waals surface area contributed by atoms with Gasteiger partial charge in [0, 0.05) is 17.9 Å². The lowest BCUT2D eigenvalue weighted by molar-refractivity contribution is -0.125. The number of likely N-dealkylation sites (tertiary alicyclic amines) is 1. The normalized spacial score (nSPS) is 29.1. The highest BCUT2D eigenvalue weighted by Gasteiger charge is 2.28. The van der Waals surface area contributed by atoms with Gasteiger partial charge in [-0.15, -0.1) is 0 Å². The first kappa shape index (κ1) is 20.8. The lowest BCUT2D eigenvalue weighted by Crippen LogP contribution is -2.44. The third-order valence-electron chi connectivity index (χ3n) is 6.01. The molecule has 1 heterocycles. The van der Waals surface area contributed by atoms with Crippen LogP contribution in [0.15, 0.2) is 36.5 Å². The van der Waals surface area contributed by atoms with Crippen LogP contribution in [-0.4, -0.2) is 36.1 Å². The van der Waals surface area contributed by atoms with Crippen LogP contribution in [0, 0.1) is 11.8 Å². The number of nitrogens with zero attached hydrogens (tertiary/aromatic N) is 1. The van der Waals surface area contributed by atoms with E-state index in [9.17, 15) is 9.59 Å². The van der Waals surface area contributed by atoms with Crippen LogP contribution in [0.2, 0.25) is 0 Å². The molecule has 0 aromatic heterocycles. The van der Waals surface area contributed by atoms with Crippen molar-refractivity contribution in [3.63, 3.8) is 0 Å². The quantitative estimate of drug-likeness (QED) is 0.481. The lowest BCUT2D eigenvalue weighted by Gasteiger charge is -2.37. The van der Waals surface area contributed by atoms with Gasteiger partial charge in [0.25, 0.3) is 0 Å². The molecule has 0 amide bonds. The van der Waals surface area contributed by atoms with E-state index >= 15 is 0 Å². The maximum atomic E-state index is 13.0. The molecule has 26 heavy (non-hydrogen) atoms. The summed E-state index contributed by atoms with van der Waals surface area (Å²) in [6.07, 6.45) is 18.4. The van der Waals surface area contributed by atoms with Crippen LogP contribution in [0.25, 0.3) is 0 Å². The maximum absolute atomic E-state index is 13.0. The molecule has 3 heteroatoms. The smallest absolute Gasteiger partial charge is 0.149 e. The highest BCUT2D eigenvalue weighted by molar-refractivity contribution is 5.83. The lowest BCUT2D eigenvalue weighted by atomic mass is 9.84. The topological polar surface area (TPSA) is 37.4 Å². The monoisotopic (exact) mass is 357 g/mol. The summed E-state index contributed by atoms with van der Waals surface area (Å²) < 4.78 is 0. The van der Waals surface area contributed by atoms with Gasteiger partial charge in [0.1, 0.15) is 12.1 Å². The Bertz CT molecular complexity index is 524. The molecular weight excluding hydrogens is 322 g/mol. The van der Waals surface area contributed by atoms with Crippen LogP contribution in [0.3, 0.4) is 0 Å². The molecule has 1 saturated carbocycles. The van der Waals surface area contributed by atoms with E-state index in [-0.39, 0.29) is 11.8 Å². The van der Waals surface area contributed by atoms with E-state index in [0.717, 1.165) is 57.8 Å². The Morgan fingerprint density at radius 2 is 1.77 bits per heavy atom. The molecule has 1 saturated heterocycles. The summed E-state index contributed by atoms with van der Waals surface area (Å²) in [6.45, 7) is 7.49. The molecule has 2 fully saturated rings. The van der Waals surface area contributed by atoms with E-state index in [1.54, 1.807) is 6.08 Å². The molecule has 2 rings (SSSR count). The summed E-state index contributed by atoms with van der Waals surface area (Å²) in [7, 11) is 0. The van der Waals surface area contributed by atoms with Crippen molar-refractivity contribution in [3.05, 3.63) is 36.5 Å². The highest BCUT2D eigenvalue weighted by atomic mass is 16.1. The predicted molar refractivity (Wildman–Crippen MR) is 108 cm³/mol. The second-order valence-electron chi connectivity index (χ2n) is 7.93. The summed E-state index contributed by atoms with van der Waals surface area (Å²) in [5, 5.41) is 0. The average Bonchev–Trinajstić information content (AvgIpc) is 2.62. The average molecular weight is 358 g/mol. The number of carbonyl (C=O) groups excluding carboxylic acids is 2. The molecule has 2 aliphatic rings. The van der Waals surface area contributed by atoms with Gasteiger partial charge < -0.3 is 4.79 Å². The van der Waals surface area contributed by atoms with Crippen molar-refractivity contribution in [3.8, 4) is 0 Å². The van der Waals surface area contributed by atoms with Crippen molar-refractivity contribution >= 4 is 12.1 Å². The van der Waals surface area contributed by atoms with Gasteiger partial charge in [-0.1, -0.05) is 55.7 Å². The zero-order chi connectivity index (χ0) is 18.8. The van der Waals surface area contributed by atoms with Gasteiger partial charge in [-0.2, -0.15) is 0 Å². The van der Waals surface area contributed by atoms with Crippen LogP contribution in [-0.2, 0) is 9.59 Å². The highest BCUT2D eigenvalue weighted by Crippen LogP contribution is 2.28. The standard InChI is InChI=1S/C23H35NO2/c1-3-4-5-10-19(2)22-15-6-7-16-24(22)17-23(26)21-13-8-11-20(18-25)12-9-14-21/h3-5,10,18,20-22H,1,6-9,11-17H2,2H3/b5-4-,19-10+. The Morgan fingerprint density at radius 3 is 2.42 bits per heavy atom. The summed E-state index contributed by atoms with van der Waals surface area (Å²) in [5.41, 5.74) is 1.34. The minimum absolute atomic E-state index is 0.190. The third kappa shape index (κ3) is 6.35. The molecule has 0 aromatic carbocycles. The predicted octanol–water partition coefficient (Wildman–Crippen LogP) is 4.88. The Morgan fingerprint density at radius 1 is 1.04 bits per heavy atom. The van der Waals surface area contributed by atoms with E-state index in [1.807, 2.05) is 12.2 Å². The molecule has 0 radical (unpaired) electrons. The Kier molecular flexibility index (Phi) is 9.04. The molecule has 144 valence electrons. The molecule has 0 spiro atoms. The number of hydrogen-bond acceptors (Lipinski definition) is 3.